The highest BCUT2D eigenvalue weighted by Crippen LogP contribution is 2.23. The molecule has 8 heteroatoms. The summed E-state index contributed by atoms with van der Waals surface area (Å²) in [6.07, 6.45) is 1.75. The highest BCUT2D eigenvalue weighted by atomic mass is 35.5. The lowest BCUT2D eigenvalue weighted by atomic mass is 10.3. The standard InChI is InChI=1S/C17H19ClN6O/c18-17-21-15(19-6-7-23-8-10-25-11-9-23)14-16(22-17)24(12-20-14)13-4-2-1-3-5-13/h1-5,12H,6-11H2,(H,19,21,22). The minimum absolute atomic E-state index is 0.207. The molecule has 4 rings (SSSR count). The van der Waals surface area contributed by atoms with Gasteiger partial charge in [0.25, 0.3) is 0 Å². The summed E-state index contributed by atoms with van der Waals surface area (Å²) in [4.78, 5) is 15.5. The fourth-order valence-electron chi connectivity index (χ4n) is 2.93. The van der Waals surface area contributed by atoms with Gasteiger partial charge in [0.2, 0.25) is 5.28 Å². The molecule has 1 aliphatic heterocycles. The molecule has 1 fully saturated rings. The zero-order chi connectivity index (χ0) is 17.1. The lowest BCUT2D eigenvalue weighted by Gasteiger charge is -2.26. The molecular weight excluding hydrogens is 340 g/mol. The second kappa shape index (κ2) is 7.35. The smallest absolute Gasteiger partial charge is 0.226 e. The molecule has 0 amide bonds. The van der Waals surface area contributed by atoms with Crippen LogP contribution in [0, 0.1) is 0 Å². The van der Waals surface area contributed by atoms with E-state index in [9.17, 15) is 0 Å². The van der Waals surface area contributed by atoms with E-state index in [2.05, 4.69) is 25.2 Å². The lowest BCUT2D eigenvalue weighted by molar-refractivity contribution is 0.0398. The monoisotopic (exact) mass is 358 g/mol. The highest BCUT2D eigenvalue weighted by Gasteiger charge is 2.14. The van der Waals surface area contributed by atoms with Crippen LogP contribution < -0.4 is 5.32 Å². The zero-order valence-corrected chi connectivity index (χ0v) is 14.5. The van der Waals surface area contributed by atoms with Crippen molar-refractivity contribution in [3.05, 3.63) is 41.9 Å². The predicted octanol–water partition coefficient (Wildman–Crippen LogP) is 2.21. The molecule has 0 spiro atoms. The number of aromatic nitrogens is 4. The summed E-state index contributed by atoms with van der Waals surface area (Å²) >= 11 is 6.14. The average molecular weight is 359 g/mol. The first-order valence-corrected chi connectivity index (χ1v) is 8.69. The summed E-state index contributed by atoms with van der Waals surface area (Å²) in [6.45, 7) is 5.21. The van der Waals surface area contributed by atoms with Gasteiger partial charge in [-0.2, -0.15) is 9.97 Å². The second-order valence-corrected chi connectivity index (χ2v) is 6.18. The number of anilines is 1. The lowest BCUT2D eigenvalue weighted by Crippen LogP contribution is -2.39. The van der Waals surface area contributed by atoms with Crippen LogP contribution in [0.1, 0.15) is 0 Å². The number of ether oxygens (including phenoxy) is 1. The number of nitrogens with one attached hydrogen (secondary N) is 1. The van der Waals surface area contributed by atoms with Crippen molar-refractivity contribution >= 4 is 28.6 Å². The summed E-state index contributed by atoms with van der Waals surface area (Å²) < 4.78 is 7.28. The van der Waals surface area contributed by atoms with Crippen LogP contribution in [0.2, 0.25) is 5.28 Å². The SMILES string of the molecule is Clc1nc(NCCN2CCOCC2)c2ncn(-c3ccccc3)c2n1. The number of benzene rings is 1. The van der Waals surface area contributed by atoms with Gasteiger partial charge >= 0.3 is 0 Å². The van der Waals surface area contributed by atoms with Crippen molar-refractivity contribution in [1.82, 2.24) is 24.4 Å². The third kappa shape index (κ3) is 3.58. The Morgan fingerprint density at radius 2 is 1.92 bits per heavy atom. The van der Waals surface area contributed by atoms with E-state index in [1.165, 1.54) is 0 Å². The number of hydrogen-bond donors (Lipinski definition) is 1. The maximum Gasteiger partial charge on any atom is 0.226 e. The molecule has 3 heterocycles. The maximum absolute atomic E-state index is 6.14. The minimum atomic E-state index is 0.207. The van der Waals surface area contributed by atoms with Gasteiger partial charge in [-0.05, 0) is 23.7 Å². The Balaban J connectivity index is 1.56. The number of rotatable bonds is 5. The molecule has 3 aromatic rings. The van der Waals surface area contributed by atoms with Crippen LogP contribution in [0.15, 0.2) is 36.7 Å². The van der Waals surface area contributed by atoms with Gasteiger partial charge in [0.15, 0.2) is 17.0 Å². The first-order chi connectivity index (χ1) is 12.3. The molecule has 1 aromatic carbocycles. The quantitative estimate of drug-likeness (QED) is 0.705. The van der Waals surface area contributed by atoms with Crippen molar-refractivity contribution in [1.29, 1.82) is 0 Å². The van der Waals surface area contributed by atoms with Crippen LogP contribution in [0.3, 0.4) is 0 Å². The van der Waals surface area contributed by atoms with Crippen molar-refractivity contribution in [2.75, 3.05) is 44.7 Å². The molecule has 0 saturated carbocycles. The summed E-state index contributed by atoms with van der Waals surface area (Å²) in [5.74, 6) is 0.665. The number of fused-ring (bicyclic) bond motifs is 1. The van der Waals surface area contributed by atoms with Gasteiger partial charge in [-0.15, -0.1) is 0 Å². The van der Waals surface area contributed by atoms with E-state index < -0.39 is 0 Å². The molecule has 1 N–H and O–H groups in total. The molecule has 1 aliphatic rings. The maximum atomic E-state index is 6.14. The fraction of sp³-hybridized carbons (Fsp3) is 0.353. The second-order valence-electron chi connectivity index (χ2n) is 5.84. The molecule has 25 heavy (non-hydrogen) atoms. The van der Waals surface area contributed by atoms with E-state index in [1.54, 1.807) is 6.33 Å². The van der Waals surface area contributed by atoms with E-state index >= 15 is 0 Å². The Morgan fingerprint density at radius 1 is 1.12 bits per heavy atom. The molecule has 0 aliphatic carbocycles. The Morgan fingerprint density at radius 3 is 2.72 bits per heavy atom. The van der Waals surface area contributed by atoms with Crippen LogP contribution >= 0.6 is 11.6 Å². The van der Waals surface area contributed by atoms with Gasteiger partial charge in [0.05, 0.1) is 13.2 Å². The summed E-state index contributed by atoms with van der Waals surface area (Å²) in [6, 6.07) is 9.94. The Labute approximate surface area is 150 Å². The van der Waals surface area contributed by atoms with E-state index in [0.717, 1.165) is 50.6 Å². The normalized spacial score (nSPS) is 15.6. The van der Waals surface area contributed by atoms with Crippen LogP contribution in [-0.4, -0.2) is 63.8 Å². The molecule has 7 nitrogen and oxygen atoms in total. The third-order valence-corrected chi connectivity index (χ3v) is 4.40. The number of morpholine rings is 1. The third-order valence-electron chi connectivity index (χ3n) is 4.23. The highest BCUT2D eigenvalue weighted by molar-refractivity contribution is 6.28. The summed E-state index contributed by atoms with van der Waals surface area (Å²) in [5.41, 5.74) is 2.40. The molecule has 0 radical (unpaired) electrons. The van der Waals surface area contributed by atoms with Crippen molar-refractivity contribution < 1.29 is 4.74 Å². The largest absolute Gasteiger partial charge is 0.379 e. The van der Waals surface area contributed by atoms with Crippen molar-refractivity contribution in [3.63, 3.8) is 0 Å². The van der Waals surface area contributed by atoms with Gasteiger partial charge in [-0.1, -0.05) is 18.2 Å². The summed E-state index contributed by atoms with van der Waals surface area (Å²) in [7, 11) is 0. The number of nitrogens with zero attached hydrogens (tertiary/aromatic N) is 5. The Bertz CT molecular complexity index is 847. The van der Waals surface area contributed by atoms with E-state index in [-0.39, 0.29) is 5.28 Å². The minimum Gasteiger partial charge on any atom is -0.379 e. The number of hydrogen-bond acceptors (Lipinski definition) is 6. The van der Waals surface area contributed by atoms with Gasteiger partial charge < -0.3 is 10.1 Å². The van der Waals surface area contributed by atoms with Gasteiger partial charge in [-0.25, -0.2) is 4.98 Å². The number of halogens is 1. The van der Waals surface area contributed by atoms with Crippen molar-refractivity contribution in [2.45, 2.75) is 0 Å². The molecule has 0 unspecified atom stereocenters. The molecule has 0 bridgehead atoms. The van der Waals surface area contributed by atoms with Crippen molar-refractivity contribution in [2.24, 2.45) is 0 Å². The van der Waals surface area contributed by atoms with Crippen LogP contribution in [0.4, 0.5) is 5.82 Å². The molecule has 130 valence electrons. The van der Waals surface area contributed by atoms with Crippen molar-refractivity contribution in [3.8, 4) is 5.69 Å². The van der Waals surface area contributed by atoms with E-state index in [0.29, 0.717) is 11.5 Å². The molecule has 1 saturated heterocycles. The van der Waals surface area contributed by atoms with Gasteiger partial charge in [0, 0.05) is 31.9 Å². The fourth-order valence-corrected chi connectivity index (χ4v) is 3.10. The number of imidazole rings is 1. The number of para-hydroxylation sites is 1. The average Bonchev–Trinajstić information content (AvgIpc) is 3.07. The van der Waals surface area contributed by atoms with Gasteiger partial charge in [-0.3, -0.25) is 9.47 Å². The topological polar surface area (TPSA) is 68.1 Å². The predicted molar refractivity (Wildman–Crippen MR) is 97.4 cm³/mol. The first-order valence-electron chi connectivity index (χ1n) is 8.31. The summed E-state index contributed by atoms with van der Waals surface area (Å²) in [5, 5.41) is 3.55. The molecule has 0 atom stereocenters. The molecular formula is C17H19ClN6O. The zero-order valence-electron chi connectivity index (χ0n) is 13.7. The Hall–Kier alpha value is -2.22. The van der Waals surface area contributed by atoms with Crippen LogP contribution in [-0.2, 0) is 4.74 Å². The first kappa shape index (κ1) is 16.3. The molecule has 2 aromatic heterocycles. The Kier molecular flexibility index (Phi) is 4.78. The van der Waals surface area contributed by atoms with Gasteiger partial charge in [0.1, 0.15) is 6.33 Å². The van der Waals surface area contributed by atoms with E-state index in [4.69, 9.17) is 16.3 Å². The van der Waals surface area contributed by atoms with E-state index in [1.807, 2.05) is 34.9 Å². The van der Waals surface area contributed by atoms with Crippen LogP contribution in [0.5, 0.6) is 0 Å². The van der Waals surface area contributed by atoms with Crippen LogP contribution in [0.25, 0.3) is 16.9 Å².